The Morgan fingerprint density at radius 3 is 2.57 bits per heavy atom. The molecule has 1 aromatic heterocycles. The van der Waals surface area contributed by atoms with E-state index in [1.807, 2.05) is 38.1 Å². The van der Waals surface area contributed by atoms with Crippen LogP contribution in [0.4, 0.5) is 10.7 Å². The molecule has 0 spiro atoms. The summed E-state index contributed by atoms with van der Waals surface area (Å²) in [5, 5.41) is 17.0. The average molecular weight is 402 g/mol. The molecule has 1 unspecified atom stereocenters. The van der Waals surface area contributed by atoms with E-state index in [0.29, 0.717) is 23.7 Å². The van der Waals surface area contributed by atoms with E-state index in [1.54, 1.807) is 18.6 Å². The Labute approximate surface area is 168 Å². The molecule has 0 aliphatic carbocycles. The largest absolute Gasteiger partial charge is 0.379 e. The van der Waals surface area contributed by atoms with Crippen LogP contribution in [0.3, 0.4) is 0 Å². The predicted molar refractivity (Wildman–Crippen MR) is 110 cm³/mol. The monoisotopic (exact) mass is 401 g/mol. The number of amides is 2. The smallest absolute Gasteiger partial charge is 0.280 e. The summed E-state index contributed by atoms with van der Waals surface area (Å²) in [7, 11) is 1.58. The van der Waals surface area contributed by atoms with Gasteiger partial charge in [0.2, 0.25) is 0 Å². The van der Waals surface area contributed by atoms with Crippen molar-refractivity contribution < 1.29 is 19.2 Å². The highest BCUT2D eigenvalue weighted by molar-refractivity contribution is 7.14. The van der Waals surface area contributed by atoms with Crippen molar-refractivity contribution >= 4 is 33.8 Å². The summed E-state index contributed by atoms with van der Waals surface area (Å²) in [5.74, 6) is -0.411. The summed E-state index contributed by atoms with van der Waals surface area (Å²) in [6, 6.07) is 9.46. The van der Waals surface area contributed by atoms with Crippen LogP contribution in [0.15, 0.2) is 29.6 Å². The summed E-state index contributed by atoms with van der Waals surface area (Å²) in [6.07, 6.45) is 0. The second kappa shape index (κ2) is 10.6. The first kappa shape index (κ1) is 21.6. The molecule has 2 amide bonds. The van der Waals surface area contributed by atoms with Crippen LogP contribution in [0.1, 0.15) is 16.7 Å². The minimum Gasteiger partial charge on any atom is -0.379 e. The third-order valence-corrected chi connectivity index (χ3v) is 5.23. The summed E-state index contributed by atoms with van der Waals surface area (Å²) >= 11 is 1.30. The highest BCUT2D eigenvalue weighted by atomic mass is 32.1. The number of ether oxygens (including phenoxy) is 1. The summed E-state index contributed by atoms with van der Waals surface area (Å²) in [5.41, 5.74) is 3.33. The first-order valence-corrected chi connectivity index (χ1v) is 9.78. The van der Waals surface area contributed by atoms with Gasteiger partial charge in [0.05, 0.1) is 12.2 Å². The number of nitrogens with one attached hydrogen (secondary N) is 3. The fourth-order valence-corrected chi connectivity index (χ4v) is 3.44. The highest BCUT2D eigenvalue weighted by Gasteiger charge is 2.20. The summed E-state index contributed by atoms with van der Waals surface area (Å²) < 4.78 is 5.11. The molecule has 1 atom stereocenters. The molecule has 0 saturated carbocycles. The van der Waals surface area contributed by atoms with E-state index < -0.39 is 0 Å². The van der Waals surface area contributed by atoms with Crippen molar-refractivity contribution in [3.8, 4) is 6.07 Å². The number of nitrogens with zero attached hydrogens (tertiary/aromatic N) is 1. The molecule has 0 saturated heterocycles. The van der Waals surface area contributed by atoms with Crippen LogP contribution in [0, 0.1) is 25.2 Å². The molecule has 7 nitrogen and oxygen atoms in total. The van der Waals surface area contributed by atoms with E-state index in [9.17, 15) is 9.59 Å². The lowest BCUT2D eigenvalue weighted by Crippen LogP contribution is -3.14. The average Bonchev–Trinajstić information content (AvgIpc) is 3.10. The number of nitriles is 1. The SMILES string of the molecule is COCC[NH+](CC(=O)Nc1cccc(C)c1C)CC(=O)Nc1sccc1C#N. The van der Waals surface area contributed by atoms with Crippen LogP contribution in [0.25, 0.3) is 0 Å². The van der Waals surface area contributed by atoms with E-state index in [-0.39, 0.29) is 24.9 Å². The fourth-order valence-electron chi connectivity index (χ4n) is 2.69. The zero-order valence-corrected chi connectivity index (χ0v) is 17.1. The molecule has 0 radical (unpaired) electrons. The van der Waals surface area contributed by atoms with Gasteiger partial charge in [-0.25, -0.2) is 0 Å². The number of hydrogen-bond donors (Lipinski definition) is 3. The molecule has 0 bridgehead atoms. The van der Waals surface area contributed by atoms with E-state index in [2.05, 4.69) is 10.6 Å². The molecule has 0 aliphatic heterocycles. The van der Waals surface area contributed by atoms with Crippen LogP contribution in [-0.4, -0.2) is 45.2 Å². The summed E-state index contributed by atoms with van der Waals surface area (Å²) in [6.45, 7) is 5.14. The second-order valence-corrected chi connectivity index (χ2v) is 7.38. The Balaban J connectivity index is 1.98. The molecular formula is C20H25N4O3S+. The van der Waals surface area contributed by atoms with Gasteiger partial charge in [0.15, 0.2) is 13.1 Å². The normalized spacial score (nSPS) is 11.5. The quantitative estimate of drug-likeness (QED) is 0.591. The lowest BCUT2D eigenvalue weighted by atomic mass is 10.1. The van der Waals surface area contributed by atoms with Crippen molar-refractivity contribution in [3.05, 3.63) is 46.3 Å². The fraction of sp³-hybridized carbons (Fsp3) is 0.350. The van der Waals surface area contributed by atoms with E-state index in [0.717, 1.165) is 21.7 Å². The Kier molecular flexibility index (Phi) is 8.14. The lowest BCUT2D eigenvalue weighted by Gasteiger charge is -2.19. The molecule has 0 aliphatic rings. The Morgan fingerprint density at radius 2 is 1.89 bits per heavy atom. The molecular weight excluding hydrogens is 376 g/mol. The van der Waals surface area contributed by atoms with Crippen LogP contribution < -0.4 is 15.5 Å². The Bertz CT molecular complexity index is 873. The van der Waals surface area contributed by atoms with Gasteiger partial charge in [-0.15, -0.1) is 11.3 Å². The number of thiophene rings is 1. The van der Waals surface area contributed by atoms with Gasteiger partial charge in [-0.2, -0.15) is 5.26 Å². The molecule has 8 heteroatoms. The van der Waals surface area contributed by atoms with Crippen molar-refractivity contribution in [1.82, 2.24) is 0 Å². The third kappa shape index (κ3) is 6.16. The van der Waals surface area contributed by atoms with Crippen molar-refractivity contribution in [3.63, 3.8) is 0 Å². The maximum Gasteiger partial charge on any atom is 0.280 e. The summed E-state index contributed by atoms with van der Waals surface area (Å²) in [4.78, 5) is 25.7. The van der Waals surface area contributed by atoms with E-state index in [4.69, 9.17) is 10.00 Å². The molecule has 2 rings (SSSR count). The van der Waals surface area contributed by atoms with Crippen molar-refractivity contribution in [2.45, 2.75) is 13.8 Å². The van der Waals surface area contributed by atoms with Crippen LogP contribution in [0.5, 0.6) is 0 Å². The maximum absolute atomic E-state index is 12.5. The number of aryl methyl sites for hydroxylation is 1. The molecule has 1 aromatic carbocycles. The van der Waals surface area contributed by atoms with Gasteiger partial charge in [-0.1, -0.05) is 12.1 Å². The van der Waals surface area contributed by atoms with Crippen molar-refractivity contribution in [2.24, 2.45) is 0 Å². The van der Waals surface area contributed by atoms with Crippen LogP contribution in [-0.2, 0) is 14.3 Å². The minimum atomic E-state index is -0.246. The maximum atomic E-state index is 12.5. The van der Waals surface area contributed by atoms with Gasteiger partial charge >= 0.3 is 0 Å². The molecule has 3 N–H and O–H groups in total. The van der Waals surface area contributed by atoms with Crippen molar-refractivity contribution in [2.75, 3.05) is 44.0 Å². The number of methoxy groups -OCH3 is 1. The van der Waals surface area contributed by atoms with E-state index >= 15 is 0 Å². The van der Waals surface area contributed by atoms with Crippen molar-refractivity contribution in [1.29, 1.82) is 5.26 Å². The number of carbonyl (C=O) groups excluding carboxylic acids is 2. The molecule has 1 heterocycles. The number of rotatable bonds is 9. The van der Waals surface area contributed by atoms with Gasteiger partial charge in [0, 0.05) is 12.8 Å². The van der Waals surface area contributed by atoms with Gasteiger partial charge in [-0.3, -0.25) is 9.59 Å². The zero-order chi connectivity index (χ0) is 20.5. The van der Waals surface area contributed by atoms with Gasteiger partial charge in [-0.05, 0) is 42.5 Å². The lowest BCUT2D eigenvalue weighted by molar-refractivity contribution is -0.883. The third-order valence-electron chi connectivity index (χ3n) is 4.40. The Hall–Kier alpha value is -2.73. The zero-order valence-electron chi connectivity index (χ0n) is 16.3. The molecule has 2 aromatic rings. The minimum absolute atomic E-state index is 0.104. The number of hydrogen-bond acceptors (Lipinski definition) is 5. The topological polar surface area (TPSA) is 95.7 Å². The first-order valence-electron chi connectivity index (χ1n) is 8.90. The van der Waals surface area contributed by atoms with Gasteiger partial charge in [0.1, 0.15) is 17.6 Å². The number of benzene rings is 1. The molecule has 28 heavy (non-hydrogen) atoms. The van der Waals surface area contributed by atoms with Crippen LogP contribution >= 0.6 is 11.3 Å². The van der Waals surface area contributed by atoms with Crippen LogP contribution in [0.2, 0.25) is 0 Å². The van der Waals surface area contributed by atoms with Gasteiger partial charge in [0.25, 0.3) is 11.8 Å². The Morgan fingerprint density at radius 1 is 1.18 bits per heavy atom. The van der Waals surface area contributed by atoms with E-state index in [1.165, 1.54) is 11.3 Å². The highest BCUT2D eigenvalue weighted by Crippen LogP contribution is 2.21. The standard InChI is InChI=1S/C20H24N4O3S/c1-14-5-4-6-17(15(14)2)22-18(25)12-24(8-9-27-3)13-19(26)23-20-16(11-21)7-10-28-20/h4-7,10H,8-9,12-13H2,1-3H3,(H,22,25)(H,23,26)/p+1. The van der Waals surface area contributed by atoms with Gasteiger partial charge < -0.3 is 20.3 Å². The predicted octanol–water partition coefficient (Wildman–Crippen LogP) is 1.35. The first-order chi connectivity index (χ1) is 13.4. The molecule has 148 valence electrons. The number of anilines is 2. The number of quaternary nitrogens is 1. The second-order valence-electron chi connectivity index (χ2n) is 6.47. The molecule has 0 fully saturated rings. The number of carbonyl (C=O) groups is 2.